The number of carbonyl (C=O) groups excluding carboxylic acids is 1. The maximum Gasteiger partial charge on any atom is 0.271 e. The number of halogens is 1. The maximum atomic E-state index is 13.6. The molecule has 2 N–H and O–H groups in total. The minimum atomic E-state index is -4.03. The van der Waals surface area contributed by atoms with Gasteiger partial charge in [0, 0.05) is 18.7 Å². The molecular weight excluding hydrogens is 467 g/mol. The van der Waals surface area contributed by atoms with Crippen LogP contribution in [0, 0.1) is 11.2 Å². The number of nitrogens with one attached hydrogen (secondary N) is 2. The van der Waals surface area contributed by atoms with E-state index >= 15 is 0 Å². The van der Waals surface area contributed by atoms with Crippen molar-refractivity contribution in [1.82, 2.24) is 15.1 Å². The molecule has 2 aromatic carbocycles. The number of hydrogen-bond acceptors (Lipinski definition) is 4. The van der Waals surface area contributed by atoms with Crippen LogP contribution in [-0.4, -0.2) is 30.1 Å². The van der Waals surface area contributed by atoms with E-state index < -0.39 is 21.7 Å². The molecule has 0 spiro atoms. The van der Waals surface area contributed by atoms with Gasteiger partial charge in [0.2, 0.25) is 0 Å². The first-order valence-electron chi connectivity index (χ1n) is 11.6. The Labute approximate surface area is 205 Å². The maximum absolute atomic E-state index is 13.6. The Morgan fingerprint density at radius 1 is 1.09 bits per heavy atom. The number of sulfonamides is 1. The molecule has 7 nitrogen and oxygen atoms in total. The van der Waals surface area contributed by atoms with E-state index in [1.165, 1.54) is 28.9 Å². The summed E-state index contributed by atoms with van der Waals surface area (Å²) in [6.07, 6.45) is 2.24. The van der Waals surface area contributed by atoms with Gasteiger partial charge in [0.05, 0.1) is 4.90 Å². The standard InChI is InChI=1S/C26H31FN4O3S/c1-16(26(2,3)4)28-25(32)24-23(22(29-31(24)5)19-8-12-20(27)13-9-19)30-35(33,34)21-14-10-18(11-15-21)17-6-7-17/h8-17,30H,6-7H2,1-5H3,(H,28,32). The highest BCUT2D eigenvalue weighted by atomic mass is 32.2. The monoisotopic (exact) mass is 498 g/mol. The van der Waals surface area contributed by atoms with Crippen molar-refractivity contribution in [3.8, 4) is 11.3 Å². The summed E-state index contributed by atoms with van der Waals surface area (Å²) in [7, 11) is -2.46. The average molecular weight is 499 g/mol. The predicted molar refractivity (Wildman–Crippen MR) is 134 cm³/mol. The van der Waals surface area contributed by atoms with E-state index in [0.29, 0.717) is 11.5 Å². The van der Waals surface area contributed by atoms with Gasteiger partial charge in [-0.1, -0.05) is 32.9 Å². The van der Waals surface area contributed by atoms with Gasteiger partial charge >= 0.3 is 0 Å². The summed E-state index contributed by atoms with van der Waals surface area (Å²) >= 11 is 0. The number of amides is 1. The summed E-state index contributed by atoms with van der Waals surface area (Å²) in [6.45, 7) is 7.89. The van der Waals surface area contributed by atoms with Crippen LogP contribution < -0.4 is 10.0 Å². The Balaban J connectivity index is 1.76. The molecule has 1 unspecified atom stereocenters. The molecule has 1 fully saturated rings. The van der Waals surface area contributed by atoms with Crippen molar-refractivity contribution in [2.24, 2.45) is 12.5 Å². The van der Waals surface area contributed by atoms with Crippen molar-refractivity contribution in [2.45, 2.75) is 57.4 Å². The molecule has 3 aromatic rings. The van der Waals surface area contributed by atoms with Crippen LogP contribution in [-0.2, 0) is 17.1 Å². The Morgan fingerprint density at radius 2 is 1.69 bits per heavy atom. The summed E-state index contributed by atoms with van der Waals surface area (Å²) in [5, 5.41) is 7.38. The second-order valence-corrected chi connectivity index (χ2v) is 11.9. The van der Waals surface area contributed by atoms with Gasteiger partial charge in [0.15, 0.2) is 5.69 Å². The van der Waals surface area contributed by atoms with Gasteiger partial charge in [-0.25, -0.2) is 12.8 Å². The molecule has 9 heteroatoms. The molecule has 1 aromatic heterocycles. The first kappa shape index (κ1) is 24.9. The summed E-state index contributed by atoms with van der Waals surface area (Å²) in [5.74, 6) is -0.389. The first-order chi connectivity index (χ1) is 16.4. The lowest BCUT2D eigenvalue weighted by atomic mass is 9.88. The van der Waals surface area contributed by atoms with Crippen LogP contribution in [0.1, 0.15) is 62.5 Å². The fraction of sp³-hybridized carbons (Fsp3) is 0.385. The molecule has 1 heterocycles. The van der Waals surface area contributed by atoms with E-state index in [2.05, 4.69) is 15.1 Å². The molecule has 1 amide bonds. The van der Waals surface area contributed by atoms with Gasteiger partial charge in [0.25, 0.3) is 15.9 Å². The van der Waals surface area contributed by atoms with Crippen LogP contribution in [0.2, 0.25) is 0 Å². The number of anilines is 1. The minimum Gasteiger partial charge on any atom is -0.348 e. The second-order valence-electron chi connectivity index (χ2n) is 10.2. The molecule has 1 aliphatic rings. The smallest absolute Gasteiger partial charge is 0.271 e. The Morgan fingerprint density at radius 3 is 2.23 bits per heavy atom. The highest BCUT2D eigenvalue weighted by Crippen LogP contribution is 2.40. The fourth-order valence-electron chi connectivity index (χ4n) is 3.70. The molecule has 0 aliphatic heterocycles. The van der Waals surface area contributed by atoms with Gasteiger partial charge in [-0.3, -0.25) is 14.2 Å². The first-order valence-corrected chi connectivity index (χ1v) is 13.1. The zero-order valence-corrected chi connectivity index (χ0v) is 21.4. The molecule has 1 aliphatic carbocycles. The summed E-state index contributed by atoms with van der Waals surface area (Å²) in [6, 6.07) is 12.1. The van der Waals surface area contributed by atoms with Gasteiger partial charge in [-0.05, 0) is 73.1 Å². The van der Waals surface area contributed by atoms with Gasteiger partial charge in [-0.2, -0.15) is 5.10 Å². The summed E-state index contributed by atoms with van der Waals surface area (Å²) < 4.78 is 44.2. The van der Waals surface area contributed by atoms with Crippen molar-refractivity contribution in [2.75, 3.05) is 4.72 Å². The zero-order chi connectivity index (χ0) is 25.5. The number of rotatable bonds is 7. The number of hydrogen-bond donors (Lipinski definition) is 2. The van der Waals surface area contributed by atoms with Crippen LogP contribution in [0.15, 0.2) is 53.4 Å². The van der Waals surface area contributed by atoms with Crippen LogP contribution in [0.25, 0.3) is 11.3 Å². The topological polar surface area (TPSA) is 93.1 Å². The highest BCUT2D eigenvalue weighted by Gasteiger charge is 2.30. The summed E-state index contributed by atoms with van der Waals surface area (Å²) in [5.41, 5.74) is 1.74. The quantitative estimate of drug-likeness (QED) is 0.476. The molecule has 1 saturated carbocycles. The predicted octanol–water partition coefficient (Wildman–Crippen LogP) is 5.07. The van der Waals surface area contributed by atoms with Crippen LogP contribution in [0.3, 0.4) is 0 Å². The van der Waals surface area contributed by atoms with Gasteiger partial charge in [0.1, 0.15) is 17.2 Å². The fourth-order valence-corrected chi connectivity index (χ4v) is 4.78. The number of carbonyl (C=O) groups is 1. The average Bonchev–Trinajstić information content (AvgIpc) is 3.58. The molecule has 0 radical (unpaired) electrons. The lowest BCUT2D eigenvalue weighted by molar-refractivity contribution is 0.0901. The number of aryl methyl sites for hydroxylation is 1. The van der Waals surface area contributed by atoms with Crippen LogP contribution >= 0.6 is 0 Å². The van der Waals surface area contributed by atoms with Crippen molar-refractivity contribution < 1.29 is 17.6 Å². The van der Waals surface area contributed by atoms with Crippen molar-refractivity contribution >= 4 is 21.6 Å². The third kappa shape index (κ3) is 5.40. The molecule has 0 bridgehead atoms. The van der Waals surface area contributed by atoms with Gasteiger partial charge in [-0.15, -0.1) is 0 Å². The third-order valence-corrected chi connectivity index (χ3v) is 7.87. The van der Waals surface area contributed by atoms with E-state index in [4.69, 9.17) is 0 Å². The van der Waals surface area contributed by atoms with E-state index in [9.17, 15) is 17.6 Å². The van der Waals surface area contributed by atoms with Crippen molar-refractivity contribution in [3.05, 3.63) is 65.6 Å². The second kappa shape index (κ2) is 9.11. The number of aromatic nitrogens is 2. The zero-order valence-electron chi connectivity index (χ0n) is 20.6. The number of benzene rings is 2. The molecule has 1 atom stereocenters. The lowest BCUT2D eigenvalue weighted by Gasteiger charge is -2.28. The molecular formula is C26H31FN4O3S. The third-order valence-electron chi connectivity index (χ3n) is 6.50. The Kier molecular flexibility index (Phi) is 6.48. The Hall–Kier alpha value is -3.20. The molecule has 0 saturated heterocycles. The van der Waals surface area contributed by atoms with Crippen LogP contribution in [0.5, 0.6) is 0 Å². The van der Waals surface area contributed by atoms with E-state index in [1.54, 1.807) is 19.2 Å². The molecule has 186 valence electrons. The number of nitrogens with zero attached hydrogens (tertiary/aromatic N) is 2. The van der Waals surface area contributed by atoms with Crippen molar-refractivity contribution in [1.29, 1.82) is 0 Å². The largest absolute Gasteiger partial charge is 0.348 e. The van der Waals surface area contributed by atoms with Crippen molar-refractivity contribution in [3.63, 3.8) is 0 Å². The lowest BCUT2D eigenvalue weighted by Crippen LogP contribution is -2.42. The molecule has 4 rings (SSSR count). The van der Waals surface area contributed by atoms with Gasteiger partial charge < -0.3 is 5.32 Å². The van der Waals surface area contributed by atoms with Crippen LogP contribution in [0.4, 0.5) is 10.1 Å². The minimum absolute atomic E-state index is 0.0454. The molecule has 35 heavy (non-hydrogen) atoms. The highest BCUT2D eigenvalue weighted by molar-refractivity contribution is 7.92. The van der Waals surface area contributed by atoms with E-state index in [-0.39, 0.29) is 33.4 Å². The van der Waals surface area contributed by atoms with E-state index in [1.807, 2.05) is 39.8 Å². The van der Waals surface area contributed by atoms with E-state index in [0.717, 1.165) is 18.4 Å². The normalized spacial score (nSPS) is 15.0. The summed E-state index contributed by atoms with van der Waals surface area (Å²) in [4.78, 5) is 13.4. The Bertz CT molecular complexity index is 1340. The SMILES string of the molecule is CC(NC(=O)c1c(NS(=O)(=O)c2ccc(C3CC3)cc2)c(-c2ccc(F)cc2)nn1C)C(C)(C)C.